The molecule has 1 rings (SSSR count). The molecule has 0 N–H and O–H groups in total. The molecule has 1 unspecified atom stereocenters. The van der Waals surface area contributed by atoms with Gasteiger partial charge in [0.05, 0.1) is 6.54 Å². The first-order chi connectivity index (χ1) is 7.76. The van der Waals surface area contributed by atoms with Crippen LogP contribution < -0.4 is 0 Å². The van der Waals surface area contributed by atoms with Crippen molar-refractivity contribution in [2.75, 3.05) is 26.8 Å². The molecule has 0 aromatic heterocycles. The summed E-state index contributed by atoms with van der Waals surface area (Å²) in [6.07, 6.45) is 5.83. The Kier molecular flexibility index (Phi) is 6.32. The first-order valence-corrected chi connectivity index (χ1v) is 6.55. The van der Waals surface area contributed by atoms with E-state index >= 15 is 0 Å². The summed E-state index contributed by atoms with van der Waals surface area (Å²) in [4.78, 5) is 2.34. The standard InChI is InChI=1S/C13H26NO2/c1-4-6-9-13(15-3,16-5-2)12-14-10-7-8-11-14/h12H,4-11H2,1-3H3. The van der Waals surface area contributed by atoms with Gasteiger partial charge < -0.3 is 9.47 Å². The summed E-state index contributed by atoms with van der Waals surface area (Å²) in [6, 6.07) is 0. The topological polar surface area (TPSA) is 21.7 Å². The third kappa shape index (κ3) is 4.04. The molecule has 0 bridgehead atoms. The van der Waals surface area contributed by atoms with E-state index in [0.717, 1.165) is 25.9 Å². The molecule has 1 atom stereocenters. The van der Waals surface area contributed by atoms with Gasteiger partial charge in [-0.3, -0.25) is 4.90 Å². The van der Waals surface area contributed by atoms with Crippen LogP contribution in [-0.2, 0) is 9.47 Å². The van der Waals surface area contributed by atoms with Crippen LogP contribution in [0.1, 0.15) is 46.0 Å². The zero-order chi connectivity index (χ0) is 11.9. The lowest BCUT2D eigenvalue weighted by Gasteiger charge is -2.35. The fourth-order valence-electron chi connectivity index (χ4n) is 2.20. The molecule has 95 valence electrons. The minimum absolute atomic E-state index is 0.491. The summed E-state index contributed by atoms with van der Waals surface area (Å²) in [5.74, 6) is -0.491. The van der Waals surface area contributed by atoms with Crippen LogP contribution in [0.5, 0.6) is 0 Å². The number of hydrogen-bond acceptors (Lipinski definition) is 3. The summed E-state index contributed by atoms with van der Waals surface area (Å²) < 4.78 is 11.4. The lowest BCUT2D eigenvalue weighted by atomic mass is 10.1. The van der Waals surface area contributed by atoms with Crippen molar-refractivity contribution in [3.05, 3.63) is 6.54 Å². The Bertz CT molecular complexity index is 181. The Labute approximate surface area is 100 Å². The molecule has 0 aromatic carbocycles. The molecule has 1 aliphatic rings. The van der Waals surface area contributed by atoms with E-state index < -0.39 is 5.79 Å². The van der Waals surface area contributed by atoms with Gasteiger partial charge in [0.1, 0.15) is 0 Å². The molecule has 1 fully saturated rings. The zero-order valence-electron chi connectivity index (χ0n) is 11.0. The van der Waals surface area contributed by atoms with Crippen molar-refractivity contribution in [3.63, 3.8) is 0 Å². The highest BCUT2D eigenvalue weighted by atomic mass is 16.7. The van der Waals surface area contributed by atoms with Crippen molar-refractivity contribution < 1.29 is 9.47 Å². The molecule has 0 aromatic rings. The first kappa shape index (κ1) is 13.9. The van der Waals surface area contributed by atoms with Crippen LogP contribution in [0.3, 0.4) is 0 Å². The number of ether oxygens (including phenoxy) is 2. The van der Waals surface area contributed by atoms with Crippen molar-refractivity contribution in [1.29, 1.82) is 0 Å². The summed E-state index contributed by atoms with van der Waals surface area (Å²) in [5, 5.41) is 0. The van der Waals surface area contributed by atoms with E-state index in [1.54, 1.807) is 7.11 Å². The van der Waals surface area contributed by atoms with Gasteiger partial charge in [0.2, 0.25) is 0 Å². The first-order valence-electron chi connectivity index (χ1n) is 6.55. The number of rotatable bonds is 8. The van der Waals surface area contributed by atoms with Gasteiger partial charge in [-0.15, -0.1) is 0 Å². The molecule has 0 aliphatic carbocycles. The highest BCUT2D eigenvalue weighted by Crippen LogP contribution is 2.27. The summed E-state index contributed by atoms with van der Waals surface area (Å²) >= 11 is 0. The Morgan fingerprint density at radius 1 is 1.25 bits per heavy atom. The van der Waals surface area contributed by atoms with Crippen LogP contribution in [0.15, 0.2) is 0 Å². The average molecular weight is 228 g/mol. The molecule has 0 spiro atoms. The smallest absolute Gasteiger partial charge is 0.185 e. The molecule has 1 saturated heterocycles. The lowest BCUT2D eigenvalue weighted by molar-refractivity contribution is -0.212. The summed E-state index contributed by atoms with van der Waals surface area (Å²) in [5.41, 5.74) is 0. The fourth-order valence-corrected chi connectivity index (χ4v) is 2.20. The van der Waals surface area contributed by atoms with Gasteiger partial charge >= 0.3 is 0 Å². The molecular formula is C13H26NO2. The maximum atomic E-state index is 5.82. The van der Waals surface area contributed by atoms with E-state index in [1.807, 2.05) is 6.92 Å². The van der Waals surface area contributed by atoms with Gasteiger partial charge in [0.15, 0.2) is 5.79 Å². The fraction of sp³-hybridized carbons (Fsp3) is 0.923. The van der Waals surface area contributed by atoms with E-state index in [1.165, 1.54) is 19.3 Å². The second kappa shape index (κ2) is 7.25. The van der Waals surface area contributed by atoms with Crippen LogP contribution in [0, 0.1) is 6.54 Å². The van der Waals surface area contributed by atoms with Gasteiger partial charge in [-0.1, -0.05) is 13.3 Å². The van der Waals surface area contributed by atoms with Crippen LogP contribution in [0.25, 0.3) is 0 Å². The Morgan fingerprint density at radius 2 is 1.94 bits per heavy atom. The van der Waals surface area contributed by atoms with Crippen LogP contribution in [-0.4, -0.2) is 37.5 Å². The summed E-state index contributed by atoms with van der Waals surface area (Å²) in [7, 11) is 1.75. The Morgan fingerprint density at radius 3 is 2.44 bits per heavy atom. The number of nitrogens with zero attached hydrogens (tertiary/aromatic N) is 1. The molecule has 1 aliphatic heterocycles. The second-order valence-electron chi connectivity index (χ2n) is 4.42. The molecule has 1 radical (unpaired) electrons. The quantitative estimate of drug-likeness (QED) is 0.596. The minimum atomic E-state index is -0.491. The molecule has 3 nitrogen and oxygen atoms in total. The highest BCUT2D eigenvalue weighted by Gasteiger charge is 2.33. The molecule has 16 heavy (non-hydrogen) atoms. The largest absolute Gasteiger partial charge is 0.352 e. The maximum absolute atomic E-state index is 5.82. The van der Waals surface area contributed by atoms with Crippen molar-refractivity contribution in [1.82, 2.24) is 4.90 Å². The van der Waals surface area contributed by atoms with Crippen molar-refractivity contribution in [2.45, 2.75) is 51.7 Å². The SMILES string of the molecule is CCCCC([CH]N1CCCC1)(OC)OCC. The molecule has 3 heteroatoms. The normalized spacial score (nSPS) is 21.2. The van der Waals surface area contributed by atoms with E-state index in [-0.39, 0.29) is 0 Å². The second-order valence-corrected chi connectivity index (χ2v) is 4.42. The Hall–Kier alpha value is -0.120. The van der Waals surface area contributed by atoms with Crippen LogP contribution in [0.2, 0.25) is 0 Å². The van der Waals surface area contributed by atoms with Gasteiger partial charge in [-0.25, -0.2) is 0 Å². The van der Waals surface area contributed by atoms with Gasteiger partial charge in [0, 0.05) is 20.1 Å². The summed E-state index contributed by atoms with van der Waals surface area (Å²) in [6.45, 7) is 9.37. The molecule has 0 amide bonds. The van der Waals surface area contributed by atoms with Crippen LogP contribution >= 0.6 is 0 Å². The minimum Gasteiger partial charge on any atom is -0.352 e. The monoisotopic (exact) mass is 228 g/mol. The third-order valence-electron chi connectivity index (χ3n) is 3.13. The van der Waals surface area contributed by atoms with Gasteiger partial charge in [-0.05, 0) is 39.3 Å². The molecule has 1 heterocycles. The van der Waals surface area contributed by atoms with Crippen LogP contribution in [0.4, 0.5) is 0 Å². The van der Waals surface area contributed by atoms with Crippen molar-refractivity contribution >= 4 is 0 Å². The Balaban J connectivity index is 2.51. The molecule has 0 saturated carbocycles. The van der Waals surface area contributed by atoms with Crippen molar-refractivity contribution in [2.24, 2.45) is 0 Å². The maximum Gasteiger partial charge on any atom is 0.185 e. The van der Waals surface area contributed by atoms with E-state index in [2.05, 4.69) is 18.4 Å². The lowest BCUT2D eigenvalue weighted by Crippen LogP contribution is -2.41. The van der Waals surface area contributed by atoms with E-state index in [9.17, 15) is 0 Å². The van der Waals surface area contributed by atoms with Gasteiger partial charge in [-0.2, -0.15) is 0 Å². The predicted octanol–water partition coefficient (Wildman–Crippen LogP) is 2.81. The van der Waals surface area contributed by atoms with Crippen molar-refractivity contribution in [3.8, 4) is 0 Å². The predicted molar refractivity (Wildman–Crippen MR) is 66.0 cm³/mol. The number of methoxy groups -OCH3 is 1. The number of unbranched alkanes of at least 4 members (excludes halogenated alkanes) is 1. The average Bonchev–Trinajstić information content (AvgIpc) is 2.79. The van der Waals surface area contributed by atoms with Gasteiger partial charge in [0.25, 0.3) is 0 Å². The number of hydrogen-bond donors (Lipinski definition) is 0. The van der Waals surface area contributed by atoms with E-state index in [0.29, 0.717) is 6.61 Å². The van der Waals surface area contributed by atoms with E-state index in [4.69, 9.17) is 9.47 Å². The zero-order valence-corrected chi connectivity index (χ0v) is 11.0. The third-order valence-corrected chi connectivity index (χ3v) is 3.13. The highest BCUT2D eigenvalue weighted by molar-refractivity contribution is 4.88. The molecular weight excluding hydrogens is 202 g/mol. The number of likely N-dealkylation sites (tertiary alicyclic amines) is 1.